The molecule has 88 valence electrons. The number of hydrogen-bond acceptors (Lipinski definition) is 6. The number of aliphatic hydroxyl groups excluding tert-OH is 1. The molecule has 1 heterocycles. The smallest absolute Gasteiger partial charge is 0.317 e. The third-order valence-corrected chi connectivity index (χ3v) is 3.21. The third-order valence-electron chi connectivity index (χ3n) is 2.39. The Morgan fingerprint density at radius 3 is 2.73 bits per heavy atom. The second kappa shape index (κ2) is 5.66. The lowest BCUT2D eigenvalue weighted by atomic mass is 10.4. The Labute approximate surface area is 93.2 Å². The number of carbonyl (C=O) groups is 1. The fourth-order valence-electron chi connectivity index (χ4n) is 1.62. The van der Waals surface area contributed by atoms with Crippen LogP contribution in [0.4, 0.5) is 0 Å². The van der Waals surface area contributed by atoms with Crippen molar-refractivity contribution in [3.05, 3.63) is 0 Å². The van der Waals surface area contributed by atoms with E-state index in [4.69, 9.17) is 10.2 Å². The van der Waals surface area contributed by atoms with Crippen LogP contribution in [-0.4, -0.2) is 63.7 Å². The third kappa shape index (κ3) is 3.05. The van der Waals surface area contributed by atoms with Crippen LogP contribution in [0.25, 0.3) is 0 Å². The van der Waals surface area contributed by atoms with Gasteiger partial charge in [0.25, 0.3) is 0 Å². The first-order chi connectivity index (χ1) is 7.10. The summed E-state index contributed by atoms with van der Waals surface area (Å²) in [5.41, 5.74) is 3.11. The van der Waals surface area contributed by atoms with Crippen molar-refractivity contribution in [2.75, 3.05) is 26.0 Å². The molecule has 1 aliphatic rings. The van der Waals surface area contributed by atoms with Crippen LogP contribution < -0.4 is 5.43 Å². The molecule has 0 aliphatic carbocycles. The van der Waals surface area contributed by atoms with Crippen molar-refractivity contribution in [1.29, 1.82) is 0 Å². The first kappa shape index (κ1) is 12.7. The normalized spacial score (nSPS) is 28.5. The lowest BCUT2D eigenvalue weighted by Crippen LogP contribution is -2.41. The summed E-state index contributed by atoms with van der Waals surface area (Å²) in [6.07, 6.45) is 1.90. The molecule has 3 N–H and O–H groups in total. The number of aliphatic hydroxyl groups is 1. The Kier molecular flexibility index (Phi) is 4.81. The van der Waals surface area contributed by atoms with Gasteiger partial charge in [0.15, 0.2) is 0 Å². The Morgan fingerprint density at radius 1 is 1.60 bits per heavy atom. The highest BCUT2D eigenvalue weighted by Crippen LogP contribution is 2.21. The average Bonchev–Trinajstić information content (AvgIpc) is 2.46. The molecular formula is C8H17N3O3S. The molecule has 1 aliphatic heterocycles. The summed E-state index contributed by atoms with van der Waals surface area (Å²) in [4.78, 5) is 12.5. The Morgan fingerprint density at radius 2 is 2.27 bits per heavy atom. The largest absolute Gasteiger partial charge is 0.480 e. The van der Waals surface area contributed by atoms with Crippen LogP contribution in [0, 0.1) is 0 Å². The quantitative estimate of drug-likeness (QED) is 0.574. The van der Waals surface area contributed by atoms with E-state index in [1.165, 1.54) is 0 Å². The van der Waals surface area contributed by atoms with Crippen LogP contribution in [0.15, 0.2) is 0 Å². The van der Waals surface area contributed by atoms with Crippen molar-refractivity contribution in [2.24, 2.45) is 0 Å². The molecule has 0 spiro atoms. The monoisotopic (exact) mass is 235 g/mol. The summed E-state index contributed by atoms with van der Waals surface area (Å²) >= 11 is 1.54. The zero-order chi connectivity index (χ0) is 11.4. The highest BCUT2D eigenvalue weighted by molar-refractivity contribution is 7.99. The molecular weight excluding hydrogens is 218 g/mol. The lowest BCUT2D eigenvalue weighted by Gasteiger charge is -2.24. The number of rotatable bonds is 5. The second-order valence-electron chi connectivity index (χ2n) is 3.33. The van der Waals surface area contributed by atoms with Gasteiger partial charge in [-0.3, -0.25) is 9.69 Å². The van der Waals surface area contributed by atoms with E-state index in [1.807, 2.05) is 23.1 Å². The summed E-state index contributed by atoms with van der Waals surface area (Å²) in [6, 6.07) is 0. The van der Waals surface area contributed by atoms with E-state index in [9.17, 15) is 4.79 Å². The number of nitrogens with one attached hydrogen (secondary N) is 1. The summed E-state index contributed by atoms with van der Waals surface area (Å²) in [5, 5.41) is 19.5. The minimum atomic E-state index is -0.839. The predicted molar refractivity (Wildman–Crippen MR) is 58.0 cm³/mol. The maximum absolute atomic E-state index is 10.7. The molecule has 7 heteroatoms. The molecule has 1 rings (SSSR count). The van der Waals surface area contributed by atoms with Crippen LogP contribution in [0.5, 0.6) is 0 Å². The van der Waals surface area contributed by atoms with E-state index < -0.39 is 5.97 Å². The SMILES string of the molecule is CSC1NN(CCO)C(C)N1CC(=O)O. The van der Waals surface area contributed by atoms with Crippen LogP contribution in [0.1, 0.15) is 6.92 Å². The first-order valence-corrected chi connectivity index (χ1v) is 6.03. The number of carboxylic acids is 1. The fraction of sp³-hybridized carbons (Fsp3) is 0.875. The van der Waals surface area contributed by atoms with Gasteiger partial charge >= 0.3 is 5.97 Å². The molecule has 0 amide bonds. The number of nitrogens with zero attached hydrogens (tertiary/aromatic N) is 2. The molecule has 2 unspecified atom stereocenters. The Bertz CT molecular complexity index is 229. The number of β-amino-alcohol motifs (C(OH)–C–C–N with tert-alkyl or cyclic N) is 1. The van der Waals surface area contributed by atoms with Crippen molar-refractivity contribution in [3.63, 3.8) is 0 Å². The first-order valence-electron chi connectivity index (χ1n) is 4.74. The van der Waals surface area contributed by atoms with E-state index in [2.05, 4.69) is 5.43 Å². The Hall–Kier alpha value is -0.340. The van der Waals surface area contributed by atoms with Gasteiger partial charge in [-0.2, -0.15) is 0 Å². The minimum absolute atomic E-state index is 0.00159. The van der Waals surface area contributed by atoms with Gasteiger partial charge in [0.2, 0.25) is 0 Å². The van der Waals surface area contributed by atoms with Crippen molar-refractivity contribution >= 4 is 17.7 Å². The number of hydrogen-bond donors (Lipinski definition) is 3. The van der Waals surface area contributed by atoms with E-state index >= 15 is 0 Å². The summed E-state index contributed by atoms with van der Waals surface area (Å²) in [6.45, 7) is 2.47. The maximum atomic E-state index is 10.7. The van der Waals surface area contributed by atoms with Gasteiger partial charge in [-0.25, -0.2) is 10.4 Å². The molecule has 1 saturated heterocycles. The van der Waals surface area contributed by atoms with Crippen molar-refractivity contribution in [2.45, 2.75) is 18.6 Å². The molecule has 0 aromatic carbocycles. The van der Waals surface area contributed by atoms with E-state index in [-0.39, 0.29) is 24.8 Å². The highest BCUT2D eigenvalue weighted by Gasteiger charge is 2.36. The van der Waals surface area contributed by atoms with Crippen molar-refractivity contribution in [3.8, 4) is 0 Å². The van der Waals surface area contributed by atoms with Crippen molar-refractivity contribution < 1.29 is 15.0 Å². The van der Waals surface area contributed by atoms with E-state index in [1.54, 1.807) is 11.8 Å². The zero-order valence-electron chi connectivity index (χ0n) is 8.88. The summed E-state index contributed by atoms with van der Waals surface area (Å²) in [7, 11) is 0. The molecule has 6 nitrogen and oxygen atoms in total. The highest BCUT2D eigenvalue weighted by atomic mass is 32.2. The van der Waals surface area contributed by atoms with Gasteiger partial charge in [-0.05, 0) is 13.2 Å². The Balaban J connectivity index is 2.62. The maximum Gasteiger partial charge on any atom is 0.317 e. The molecule has 0 bridgehead atoms. The van der Waals surface area contributed by atoms with Gasteiger partial charge in [-0.1, -0.05) is 0 Å². The fourth-order valence-corrected chi connectivity index (χ4v) is 2.38. The standard InChI is InChI=1S/C8H17N3O3S/c1-6-10(5-7(13)14)8(15-2)9-11(6)3-4-12/h6,8-9,12H,3-5H2,1-2H3,(H,13,14). The van der Waals surface area contributed by atoms with Gasteiger partial charge in [0.05, 0.1) is 12.8 Å². The number of carboxylic acid groups (broad SMARTS) is 1. The summed E-state index contributed by atoms with van der Waals surface area (Å²) in [5.74, 6) is -0.839. The molecule has 15 heavy (non-hydrogen) atoms. The van der Waals surface area contributed by atoms with Gasteiger partial charge in [0, 0.05) is 6.54 Å². The van der Waals surface area contributed by atoms with Crippen LogP contribution in [0.3, 0.4) is 0 Å². The van der Waals surface area contributed by atoms with E-state index in [0.29, 0.717) is 6.54 Å². The van der Waals surface area contributed by atoms with Crippen LogP contribution in [0.2, 0.25) is 0 Å². The number of hydrazine groups is 1. The second-order valence-corrected chi connectivity index (χ2v) is 4.25. The topological polar surface area (TPSA) is 76.0 Å². The molecule has 1 fully saturated rings. The molecule has 0 aromatic heterocycles. The lowest BCUT2D eigenvalue weighted by molar-refractivity contribution is -0.139. The van der Waals surface area contributed by atoms with Gasteiger partial charge in [0.1, 0.15) is 12.0 Å². The summed E-state index contributed by atoms with van der Waals surface area (Å²) < 4.78 is 0. The molecule has 0 radical (unpaired) electrons. The van der Waals surface area contributed by atoms with Crippen LogP contribution >= 0.6 is 11.8 Å². The van der Waals surface area contributed by atoms with Gasteiger partial charge < -0.3 is 10.2 Å². The predicted octanol–water partition coefficient (Wildman–Crippen LogP) is -0.822. The molecule has 0 saturated carbocycles. The number of aliphatic carboxylic acids is 1. The zero-order valence-corrected chi connectivity index (χ0v) is 9.70. The molecule has 2 atom stereocenters. The van der Waals surface area contributed by atoms with Crippen molar-refractivity contribution in [1.82, 2.24) is 15.3 Å². The number of thioether (sulfide) groups is 1. The van der Waals surface area contributed by atoms with E-state index in [0.717, 1.165) is 0 Å². The average molecular weight is 235 g/mol. The minimum Gasteiger partial charge on any atom is -0.480 e. The van der Waals surface area contributed by atoms with Gasteiger partial charge in [-0.15, -0.1) is 11.8 Å². The molecule has 0 aromatic rings. The van der Waals surface area contributed by atoms with Crippen LogP contribution in [-0.2, 0) is 4.79 Å².